The van der Waals surface area contributed by atoms with Crippen LogP contribution < -0.4 is 21.1 Å². The van der Waals surface area contributed by atoms with E-state index in [1.165, 1.54) is 23.3 Å². The number of anilines is 1. The molecule has 0 radical (unpaired) electrons. The first-order valence-corrected chi connectivity index (χ1v) is 14.8. The van der Waals surface area contributed by atoms with Gasteiger partial charge in [0.15, 0.2) is 5.78 Å². The van der Waals surface area contributed by atoms with Gasteiger partial charge in [0.1, 0.15) is 5.82 Å². The zero-order valence-electron chi connectivity index (χ0n) is 25.5. The molecule has 1 atom stereocenters. The number of hydrogen-bond donors (Lipinski definition) is 2. The first kappa shape index (κ1) is 30.0. The number of amides is 1. The van der Waals surface area contributed by atoms with Gasteiger partial charge in [0.2, 0.25) is 5.91 Å². The average Bonchev–Trinajstić information content (AvgIpc) is 3.30. The van der Waals surface area contributed by atoms with E-state index < -0.39 is 5.41 Å². The SMILES string of the molecule is C1=CC=CNC=C1.CC(C)(C)C(=O)Nc1ccc2c(c1)-c1ccc3c(c1=CC2)=CC(C(=O)c1ccc(F)cc1)CC3(C)C. The second-order valence-electron chi connectivity index (χ2n) is 13.0. The third kappa shape index (κ3) is 6.61. The molecule has 0 spiro atoms. The number of rotatable bonds is 3. The minimum absolute atomic E-state index is 0.0206. The molecular formula is C38H39FN2O2. The first-order chi connectivity index (χ1) is 20.4. The minimum atomic E-state index is -0.479. The Balaban J connectivity index is 0.000000463. The monoisotopic (exact) mass is 574 g/mol. The molecule has 3 aromatic rings. The van der Waals surface area contributed by atoms with Crippen molar-refractivity contribution in [2.45, 2.75) is 52.9 Å². The van der Waals surface area contributed by atoms with Gasteiger partial charge in [0.25, 0.3) is 0 Å². The first-order valence-electron chi connectivity index (χ1n) is 14.8. The van der Waals surface area contributed by atoms with Crippen molar-refractivity contribution < 1.29 is 14.0 Å². The molecule has 1 aliphatic heterocycles. The number of carbonyl (C=O) groups is 2. The molecule has 1 heterocycles. The van der Waals surface area contributed by atoms with Crippen molar-refractivity contribution in [2.75, 3.05) is 5.32 Å². The molecule has 0 bridgehead atoms. The maximum Gasteiger partial charge on any atom is 0.229 e. The van der Waals surface area contributed by atoms with Crippen LogP contribution in [0.25, 0.3) is 23.3 Å². The molecule has 5 heteroatoms. The summed E-state index contributed by atoms with van der Waals surface area (Å²) in [4.78, 5) is 26.0. The summed E-state index contributed by atoms with van der Waals surface area (Å²) < 4.78 is 13.4. The van der Waals surface area contributed by atoms with Gasteiger partial charge in [-0.05, 0) is 99.5 Å². The summed E-state index contributed by atoms with van der Waals surface area (Å²) in [6.45, 7) is 10.1. The maximum absolute atomic E-state index is 13.4. The molecule has 1 unspecified atom stereocenters. The zero-order valence-corrected chi connectivity index (χ0v) is 25.5. The molecule has 2 aliphatic carbocycles. The lowest BCUT2D eigenvalue weighted by Gasteiger charge is -2.34. The third-order valence-corrected chi connectivity index (χ3v) is 8.16. The molecule has 0 aromatic heterocycles. The van der Waals surface area contributed by atoms with Crippen LogP contribution in [0.5, 0.6) is 0 Å². The Bertz CT molecular complexity index is 1760. The van der Waals surface area contributed by atoms with E-state index in [0.29, 0.717) is 12.0 Å². The predicted molar refractivity (Wildman–Crippen MR) is 174 cm³/mol. The minimum Gasteiger partial charge on any atom is -0.368 e. The van der Waals surface area contributed by atoms with E-state index in [-0.39, 0.29) is 28.8 Å². The van der Waals surface area contributed by atoms with E-state index >= 15 is 0 Å². The Labute approximate surface area is 253 Å². The molecule has 3 aromatic carbocycles. The van der Waals surface area contributed by atoms with E-state index in [1.54, 1.807) is 12.1 Å². The molecule has 2 N–H and O–H groups in total. The van der Waals surface area contributed by atoms with Crippen LogP contribution in [0.3, 0.4) is 0 Å². The normalized spacial score (nSPS) is 17.3. The highest BCUT2D eigenvalue weighted by atomic mass is 19.1. The number of nitrogens with one attached hydrogen (secondary N) is 2. The van der Waals surface area contributed by atoms with Gasteiger partial charge in [-0.25, -0.2) is 4.39 Å². The Kier molecular flexibility index (Phi) is 8.36. The summed E-state index contributed by atoms with van der Waals surface area (Å²) in [6, 6.07) is 16.3. The molecule has 0 fully saturated rings. The van der Waals surface area contributed by atoms with Gasteiger partial charge in [-0.15, -0.1) is 0 Å². The van der Waals surface area contributed by atoms with Crippen molar-refractivity contribution in [3.63, 3.8) is 0 Å². The number of allylic oxidation sites excluding steroid dienone is 4. The molecule has 43 heavy (non-hydrogen) atoms. The lowest BCUT2D eigenvalue weighted by Crippen LogP contribution is -2.43. The molecule has 3 aliphatic rings. The van der Waals surface area contributed by atoms with Gasteiger partial charge < -0.3 is 10.6 Å². The number of hydrogen-bond acceptors (Lipinski definition) is 3. The number of Topliss-reactive ketones (excluding diaryl/α,β-unsaturated/α-hetero) is 1. The summed E-state index contributed by atoms with van der Waals surface area (Å²) in [5, 5.41) is 8.23. The van der Waals surface area contributed by atoms with Gasteiger partial charge in [0, 0.05) is 35.0 Å². The molecule has 0 saturated heterocycles. The van der Waals surface area contributed by atoms with Gasteiger partial charge in [0.05, 0.1) is 0 Å². The molecule has 220 valence electrons. The third-order valence-electron chi connectivity index (χ3n) is 8.16. The highest BCUT2D eigenvalue weighted by molar-refractivity contribution is 6.01. The summed E-state index contributed by atoms with van der Waals surface area (Å²) in [5.41, 5.74) is 5.34. The summed E-state index contributed by atoms with van der Waals surface area (Å²) >= 11 is 0. The van der Waals surface area contributed by atoms with Gasteiger partial charge in [-0.2, -0.15) is 0 Å². The predicted octanol–water partition coefficient (Wildman–Crippen LogP) is 6.95. The standard InChI is InChI=1S/C32H32FNO2.C6H7N/c1-31(2,3)30(36)34-23-12-8-19-9-13-25-24(26(19)17-23)14-15-28-27(25)16-21(18-32(28,4)5)29(35)20-6-10-22(33)11-7-20;1-2-4-6-7-5-3-1/h6-8,10-17,21H,9,18H2,1-5H3,(H,34,36);1-7H. The van der Waals surface area contributed by atoms with Crippen molar-refractivity contribution in [3.05, 3.63) is 124 Å². The maximum atomic E-state index is 13.4. The Morgan fingerprint density at radius 3 is 2.26 bits per heavy atom. The number of ketones is 1. The van der Waals surface area contributed by atoms with Crippen LogP contribution in [0.1, 0.15) is 62.5 Å². The van der Waals surface area contributed by atoms with E-state index in [2.05, 4.69) is 60.9 Å². The zero-order chi connectivity index (χ0) is 30.8. The second-order valence-corrected chi connectivity index (χ2v) is 13.0. The van der Waals surface area contributed by atoms with E-state index in [0.717, 1.165) is 33.7 Å². The van der Waals surface area contributed by atoms with Crippen molar-refractivity contribution in [1.29, 1.82) is 0 Å². The number of carbonyl (C=O) groups excluding carboxylic acids is 2. The van der Waals surface area contributed by atoms with Crippen LogP contribution in [0.4, 0.5) is 10.1 Å². The Morgan fingerprint density at radius 1 is 0.884 bits per heavy atom. The van der Waals surface area contributed by atoms with Crippen LogP contribution >= 0.6 is 0 Å². The topological polar surface area (TPSA) is 58.2 Å². The fourth-order valence-electron chi connectivity index (χ4n) is 5.80. The molecular weight excluding hydrogens is 535 g/mol. The van der Waals surface area contributed by atoms with Crippen LogP contribution in [-0.4, -0.2) is 11.7 Å². The molecule has 6 rings (SSSR count). The Morgan fingerprint density at radius 2 is 1.58 bits per heavy atom. The van der Waals surface area contributed by atoms with Gasteiger partial charge in [-0.1, -0.05) is 77.1 Å². The highest BCUT2D eigenvalue weighted by Crippen LogP contribution is 2.36. The fraction of sp³-hybridized carbons (Fsp3) is 0.263. The van der Waals surface area contributed by atoms with Crippen molar-refractivity contribution in [3.8, 4) is 11.1 Å². The van der Waals surface area contributed by atoms with Crippen molar-refractivity contribution in [2.24, 2.45) is 11.3 Å². The lowest BCUT2D eigenvalue weighted by molar-refractivity contribution is -0.123. The number of halogens is 1. The van der Waals surface area contributed by atoms with Crippen LogP contribution in [-0.2, 0) is 16.6 Å². The largest absolute Gasteiger partial charge is 0.368 e. The van der Waals surface area contributed by atoms with Crippen molar-refractivity contribution >= 4 is 29.5 Å². The fourth-order valence-corrected chi connectivity index (χ4v) is 5.80. The average molecular weight is 575 g/mol. The second kappa shape index (κ2) is 12.0. The van der Waals surface area contributed by atoms with E-state index in [9.17, 15) is 14.0 Å². The van der Waals surface area contributed by atoms with Crippen LogP contribution in [0.2, 0.25) is 0 Å². The number of fused-ring (bicyclic) bond motifs is 5. The summed E-state index contributed by atoms with van der Waals surface area (Å²) in [7, 11) is 0. The molecule has 1 amide bonds. The van der Waals surface area contributed by atoms with Crippen LogP contribution in [0, 0.1) is 17.2 Å². The van der Waals surface area contributed by atoms with Gasteiger partial charge in [-0.3, -0.25) is 9.59 Å². The summed E-state index contributed by atoms with van der Waals surface area (Å²) in [6.07, 6.45) is 17.4. The molecule has 0 saturated carbocycles. The van der Waals surface area contributed by atoms with Crippen LogP contribution in [0.15, 0.2) is 91.3 Å². The lowest BCUT2D eigenvalue weighted by atomic mass is 9.69. The van der Waals surface area contributed by atoms with Gasteiger partial charge >= 0.3 is 0 Å². The van der Waals surface area contributed by atoms with E-state index in [4.69, 9.17) is 0 Å². The molecule has 4 nitrogen and oxygen atoms in total. The Hall–Kier alpha value is -4.51. The number of benzene rings is 3. The van der Waals surface area contributed by atoms with E-state index in [1.807, 2.05) is 63.5 Å². The summed E-state index contributed by atoms with van der Waals surface area (Å²) in [5.74, 6) is -0.621. The smallest absolute Gasteiger partial charge is 0.229 e. The van der Waals surface area contributed by atoms with Crippen molar-refractivity contribution in [1.82, 2.24) is 5.32 Å². The highest BCUT2D eigenvalue weighted by Gasteiger charge is 2.34. The quantitative estimate of drug-likeness (QED) is 0.333.